The van der Waals surface area contributed by atoms with E-state index in [1.165, 1.54) is 18.4 Å². The van der Waals surface area contributed by atoms with Gasteiger partial charge in [-0.2, -0.15) is 5.32 Å². The van der Waals surface area contributed by atoms with E-state index in [0.717, 1.165) is 24.5 Å². The molecule has 1 fully saturated rings. The molecule has 1 aliphatic carbocycles. The molecule has 1 aromatic rings. The van der Waals surface area contributed by atoms with Crippen LogP contribution in [0.25, 0.3) is 0 Å². The summed E-state index contributed by atoms with van der Waals surface area (Å²) in [4.78, 5) is 6.84. The van der Waals surface area contributed by atoms with Crippen LogP contribution < -0.4 is 26.4 Å². The molecule has 5 heteroatoms. The molecule has 3 rings (SSSR count). The molecule has 6 N–H and O–H groups in total. The number of nitrogens with one attached hydrogen (secondary N) is 4. The van der Waals surface area contributed by atoms with E-state index in [2.05, 4.69) is 39.7 Å². The van der Waals surface area contributed by atoms with Crippen LogP contribution >= 0.6 is 0 Å². The Kier molecular flexibility index (Phi) is 2.89. The molecule has 1 aromatic carbocycles. The second-order valence-electron chi connectivity index (χ2n) is 5.45. The van der Waals surface area contributed by atoms with Crippen molar-refractivity contribution in [2.45, 2.75) is 38.3 Å². The Hall–Kier alpha value is -2.04. The Morgan fingerprint density at radius 2 is 2.05 bits per heavy atom. The van der Waals surface area contributed by atoms with Crippen molar-refractivity contribution >= 4 is 17.6 Å². The normalized spacial score (nSPS) is 20.7. The van der Waals surface area contributed by atoms with Crippen molar-refractivity contribution in [3.63, 3.8) is 0 Å². The van der Waals surface area contributed by atoms with E-state index in [9.17, 15) is 0 Å². The molecule has 0 aromatic heterocycles. The molecule has 1 heterocycles. The van der Waals surface area contributed by atoms with Crippen molar-refractivity contribution in [1.82, 2.24) is 5.32 Å². The fraction of sp³-hybridized carbons (Fsp3) is 0.429. The quantitative estimate of drug-likeness (QED) is 0.409. The molecule has 2 aliphatic rings. The van der Waals surface area contributed by atoms with Gasteiger partial charge in [0.1, 0.15) is 0 Å². The maximum atomic E-state index is 5.96. The number of rotatable bonds is 1. The number of guanidine groups is 2. The molecule has 1 aliphatic heterocycles. The minimum Gasteiger partial charge on any atom is -0.290 e. The van der Waals surface area contributed by atoms with E-state index < -0.39 is 0 Å². The zero-order chi connectivity index (χ0) is 13.3. The first kappa shape index (κ1) is 12.0. The third-order valence-electron chi connectivity index (χ3n) is 3.74. The van der Waals surface area contributed by atoms with E-state index in [1.807, 2.05) is 12.1 Å². The summed E-state index contributed by atoms with van der Waals surface area (Å²) in [6.45, 7) is 2.08. The summed E-state index contributed by atoms with van der Waals surface area (Å²) in [6, 6.07) is 8.27. The Morgan fingerprint density at radius 3 is 2.79 bits per heavy atom. The summed E-state index contributed by atoms with van der Waals surface area (Å²) in [5, 5.41) is 6.47. The van der Waals surface area contributed by atoms with E-state index in [1.54, 1.807) is 0 Å². The molecular weight excluding hydrogens is 238 g/mol. The van der Waals surface area contributed by atoms with Crippen molar-refractivity contribution in [2.24, 2.45) is 5.73 Å². The predicted octanol–water partition coefficient (Wildman–Crippen LogP) is -1.89. The Labute approximate surface area is 113 Å². The van der Waals surface area contributed by atoms with Gasteiger partial charge in [0.05, 0.1) is 5.69 Å². The van der Waals surface area contributed by atoms with Gasteiger partial charge in [-0.3, -0.25) is 5.73 Å². The largest absolute Gasteiger partial charge is 0.360 e. The molecular formula is C14H21N5+2. The van der Waals surface area contributed by atoms with Gasteiger partial charge in [-0.1, -0.05) is 12.1 Å². The lowest BCUT2D eigenvalue weighted by Crippen LogP contribution is -3.14. The first-order valence-corrected chi connectivity index (χ1v) is 6.82. The molecule has 0 unspecified atom stereocenters. The monoisotopic (exact) mass is 259 g/mol. The number of aryl methyl sites for hydroxylation is 1. The van der Waals surface area contributed by atoms with Crippen molar-refractivity contribution < 1.29 is 9.98 Å². The summed E-state index contributed by atoms with van der Waals surface area (Å²) in [6.07, 6.45) is 4.64. The van der Waals surface area contributed by atoms with Crippen molar-refractivity contribution in [3.05, 3.63) is 29.8 Å². The van der Waals surface area contributed by atoms with Crippen LogP contribution in [-0.4, -0.2) is 17.6 Å². The fourth-order valence-electron chi connectivity index (χ4n) is 2.88. The molecule has 0 bridgehead atoms. The summed E-state index contributed by atoms with van der Waals surface area (Å²) in [7, 11) is 0. The molecule has 5 nitrogen and oxygen atoms in total. The van der Waals surface area contributed by atoms with Gasteiger partial charge in [-0.05, 0) is 37.5 Å². The summed E-state index contributed by atoms with van der Waals surface area (Å²) < 4.78 is 0. The van der Waals surface area contributed by atoms with Gasteiger partial charge in [0.25, 0.3) is 0 Å². The van der Waals surface area contributed by atoms with Crippen LogP contribution in [0.15, 0.2) is 24.3 Å². The fourth-order valence-corrected chi connectivity index (χ4v) is 2.88. The van der Waals surface area contributed by atoms with Crippen molar-refractivity contribution in [3.8, 4) is 0 Å². The van der Waals surface area contributed by atoms with E-state index in [4.69, 9.17) is 5.73 Å². The molecule has 0 amide bonds. The average molecular weight is 259 g/mol. The molecule has 1 spiro atoms. The topological polar surface area (TPSA) is 78.0 Å². The number of benzene rings is 1. The Morgan fingerprint density at radius 1 is 1.26 bits per heavy atom. The molecule has 0 radical (unpaired) electrons. The smallest absolute Gasteiger partial charge is 0.290 e. The van der Waals surface area contributed by atoms with Crippen molar-refractivity contribution in [1.29, 1.82) is 0 Å². The molecule has 0 saturated heterocycles. The lowest BCUT2D eigenvalue weighted by atomic mass is 10.1. The molecule has 19 heavy (non-hydrogen) atoms. The van der Waals surface area contributed by atoms with Gasteiger partial charge >= 0.3 is 11.9 Å². The Bertz CT molecular complexity index is 541. The highest BCUT2D eigenvalue weighted by molar-refractivity contribution is 6.00. The van der Waals surface area contributed by atoms with Crippen LogP contribution in [0.2, 0.25) is 0 Å². The SMILES string of the molecule is Cc1cccc(NC2=[NH+]C3(CCCC3)[NH+]=C(N)N2)c1. The minimum absolute atomic E-state index is 0.0819. The third-order valence-corrected chi connectivity index (χ3v) is 3.74. The molecule has 100 valence electrons. The van der Waals surface area contributed by atoms with Crippen LogP contribution in [-0.2, 0) is 0 Å². The van der Waals surface area contributed by atoms with Gasteiger partial charge < -0.3 is 0 Å². The molecule has 0 atom stereocenters. The predicted molar refractivity (Wildman–Crippen MR) is 75.3 cm³/mol. The minimum atomic E-state index is -0.0819. The van der Waals surface area contributed by atoms with Crippen molar-refractivity contribution in [2.75, 3.05) is 5.32 Å². The maximum Gasteiger partial charge on any atom is 0.360 e. The first-order valence-electron chi connectivity index (χ1n) is 6.82. The van der Waals surface area contributed by atoms with E-state index >= 15 is 0 Å². The van der Waals surface area contributed by atoms with Crippen LogP contribution in [0.5, 0.6) is 0 Å². The highest BCUT2D eigenvalue weighted by atomic mass is 15.3. The first-order chi connectivity index (χ1) is 9.15. The number of hydrogen-bond donors (Lipinski definition) is 5. The van der Waals surface area contributed by atoms with Gasteiger partial charge in [0.2, 0.25) is 5.66 Å². The van der Waals surface area contributed by atoms with Crippen LogP contribution in [0, 0.1) is 6.92 Å². The third kappa shape index (κ3) is 2.54. The van der Waals surface area contributed by atoms with E-state index in [0.29, 0.717) is 5.96 Å². The number of nitrogens with two attached hydrogens (primary N) is 1. The molecule has 1 saturated carbocycles. The lowest BCUT2D eigenvalue weighted by Gasteiger charge is -2.22. The van der Waals surface area contributed by atoms with E-state index in [-0.39, 0.29) is 5.66 Å². The second-order valence-corrected chi connectivity index (χ2v) is 5.45. The van der Waals surface area contributed by atoms with Crippen LogP contribution in [0.4, 0.5) is 5.69 Å². The lowest BCUT2D eigenvalue weighted by molar-refractivity contribution is -0.797. The number of anilines is 1. The maximum absolute atomic E-state index is 5.96. The summed E-state index contributed by atoms with van der Waals surface area (Å²) >= 11 is 0. The summed E-state index contributed by atoms with van der Waals surface area (Å²) in [5.74, 6) is 1.46. The zero-order valence-electron chi connectivity index (χ0n) is 11.2. The zero-order valence-corrected chi connectivity index (χ0v) is 11.2. The average Bonchev–Trinajstić information content (AvgIpc) is 2.75. The standard InChI is InChI=1S/C14H19N5/c1-10-5-4-6-11(9-10)16-13-17-12(15)18-14(19-13)7-2-3-8-14/h4-6,9H,2-3,7-8H2,1H3,(H4,15,16,17,18,19)/p+2. The number of hydrogen-bond acceptors (Lipinski definition) is 3. The highest BCUT2D eigenvalue weighted by Gasteiger charge is 2.40. The summed E-state index contributed by atoms with van der Waals surface area (Å²) in [5.41, 5.74) is 8.16. The second kappa shape index (κ2) is 4.57. The van der Waals surface area contributed by atoms with Crippen LogP contribution in [0.1, 0.15) is 31.2 Å². The Balaban J connectivity index is 1.83. The van der Waals surface area contributed by atoms with Crippen LogP contribution in [0.3, 0.4) is 0 Å². The highest BCUT2D eigenvalue weighted by Crippen LogP contribution is 2.19. The van der Waals surface area contributed by atoms with Gasteiger partial charge in [0.15, 0.2) is 0 Å². The van der Waals surface area contributed by atoms with Gasteiger partial charge in [-0.15, -0.1) is 0 Å². The van der Waals surface area contributed by atoms with Gasteiger partial charge in [0, 0.05) is 12.8 Å². The van der Waals surface area contributed by atoms with Gasteiger partial charge in [-0.25, -0.2) is 15.3 Å².